The molecule has 0 aliphatic rings. The molecule has 0 saturated carbocycles. The number of nitrogens with two attached hydrogens (primary N) is 1. The molecule has 0 aliphatic carbocycles. The lowest BCUT2D eigenvalue weighted by Gasteiger charge is -2.25. The van der Waals surface area contributed by atoms with Gasteiger partial charge in [0.2, 0.25) is 0 Å². The van der Waals surface area contributed by atoms with Crippen LogP contribution in [0.3, 0.4) is 0 Å². The van der Waals surface area contributed by atoms with Crippen LogP contribution in [0.4, 0.5) is 28.4 Å². The van der Waals surface area contributed by atoms with Gasteiger partial charge in [-0.3, -0.25) is 20.2 Å². The Kier molecular flexibility index (Phi) is 20.8. The van der Waals surface area contributed by atoms with E-state index in [1.807, 2.05) is 30.3 Å². The second kappa shape index (κ2) is 28.7. The van der Waals surface area contributed by atoms with Crippen molar-refractivity contribution in [1.29, 1.82) is 0 Å². The fourth-order valence-electron chi connectivity index (χ4n) is 7.64. The SMILES string of the molecule is COc1ccccc1N.COc1ccccc1Nc1ccccc1[N+](=O)[O-].O=[N+]([O-])c1ccccc1Br.c1ccc(P(c2ccccc2)c2ccccc2Oc2ccccc2P(c2ccccc2)c2ccccc2)cc1. The van der Waals surface area contributed by atoms with Crippen molar-refractivity contribution in [2.24, 2.45) is 0 Å². The second-order valence-electron chi connectivity index (χ2n) is 16.1. The highest BCUT2D eigenvalue weighted by Crippen LogP contribution is 2.41. The van der Waals surface area contributed by atoms with Gasteiger partial charge in [0.05, 0.1) is 39.9 Å². The van der Waals surface area contributed by atoms with Gasteiger partial charge in [-0.25, -0.2) is 0 Å². The first-order valence-electron chi connectivity index (χ1n) is 23.7. The van der Waals surface area contributed by atoms with Crippen LogP contribution in [-0.2, 0) is 0 Å². The third kappa shape index (κ3) is 15.2. The van der Waals surface area contributed by atoms with Crippen molar-refractivity contribution < 1.29 is 24.1 Å². The minimum absolute atomic E-state index is 0.0309. The maximum atomic E-state index is 10.9. The molecule has 0 bridgehead atoms. The number of hydrogen-bond acceptors (Lipinski definition) is 9. The number of rotatable bonds is 14. The number of anilines is 3. The number of nitrogens with zero attached hydrogens (tertiary/aromatic N) is 2. The molecule has 0 saturated heterocycles. The van der Waals surface area contributed by atoms with Crippen molar-refractivity contribution >= 4 is 92.0 Å². The first-order valence-corrected chi connectivity index (χ1v) is 27.2. The number of methoxy groups -OCH3 is 2. The molecule has 0 heterocycles. The highest BCUT2D eigenvalue weighted by molar-refractivity contribution is 9.10. The van der Waals surface area contributed by atoms with Gasteiger partial charge in [0, 0.05) is 22.7 Å². The van der Waals surface area contributed by atoms with E-state index in [9.17, 15) is 20.2 Å². The molecule has 14 heteroatoms. The largest absolute Gasteiger partial charge is 0.495 e. The number of nitro groups is 2. The molecule has 0 unspecified atom stereocenters. The van der Waals surface area contributed by atoms with Gasteiger partial charge in [-0.05, 0) is 102 Å². The second-order valence-corrected chi connectivity index (χ2v) is 21.3. The van der Waals surface area contributed by atoms with Crippen LogP contribution < -0.4 is 57.1 Å². The Morgan fingerprint density at radius 2 is 0.724 bits per heavy atom. The zero-order valence-corrected chi connectivity index (χ0v) is 44.9. The maximum absolute atomic E-state index is 10.9. The zero-order chi connectivity index (χ0) is 53.5. The van der Waals surface area contributed by atoms with Gasteiger partial charge in [0.1, 0.15) is 28.7 Å². The van der Waals surface area contributed by atoms with Crippen LogP contribution in [-0.4, -0.2) is 24.1 Å². The summed E-state index contributed by atoms with van der Waals surface area (Å²) in [7, 11) is 1.57. The van der Waals surface area contributed by atoms with Crippen molar-refractivity contribution in [1.82, 2.24) is 0 Å². The molecule has 380 valence electrons. The average Bonchev–Trinajstić information content (AvgIpc) is 3.46. The highest BCUT2D eigenvalue weighted by atomic mass is 79.9. The Bertz CT molecular complexity index is 3220. The Labute approximate surface area is 453 Å². The van der Waals surface area contributed by atoms with E-state index in [0.29, 0.717) is 27.3 Å². The molecule has 0 atom stereocenters. The third-order valence-corrected chi connectivity index (χ3v) is 16.8. The number of nitro benzene ring substituents is 2. The topological polar surface area (TPSA) is 152 Å². The summed E-state index contributed by atoms with van der Waals surface area (Å²) in [5.41, 5.74) is 7.44. The predicted octanol–water partition coefficient (Wildman–Crippen LogP) is 14.0. The van der Waals surface area contributed by atoms with E-state index in [2.05, 4.69) is 191 Å². The van der Waals surface area contributed by atoms with E-state index < -0.39 is 25.7 Å². The summed E-state index contributed by atoms with van der Waals surface area (Å²) in [6.45, 7) is 0. The van der Waals surface area contributed by atoms with Gasteiger partial charge >= 0.3 is 0 Å². The Hall–Kier alpha value is -8.66. The van der Waals surface area contributed by atoms with E-state index in [1.165, 1.54) is 44.0 Å². The van der Waals surface area contributed by atoms with E-state index in [-0.39, 0.29) is 11.4 Å². The van der Waals surface area contributed by atoms with E-state index in [4.69, 9.17) is 19.9 Å². The molecule has 0 amide bonds. The fraction of sp³-hybridized carbons (Fsp3) is 0.0323. The predicted molar refractivity (Wildman–Crippen MR) is 318 cm³/mol. The van der Waals surface area contributed by atoms with Gasteiger partial charge in [0.25, 0.3) is 11.4 Å². The summed E-state index contributed by atoms with van der Waals surface area (Å²) in [5, 5.41) is 31.7. The lowest BCUT2D eigenvalue weighted by molar-refractivity contribution is -0.385. The minimum Gasteiger partial charge on any atom is -0.495 e. The molecular weight excluding hydrogens is 1050 g/mol. The van der Waals surface area contributed by atoms with Crippen molar-refractivity contribution in [3.05, 3.63) is 292 Å². The fourth-order valence-corrected chi connectivity index (χ4v) is 12.8. The highest BCUT2D eigenvalue weighted by Gasteiger charge is 2.24. The van der Waals surface area contributed by atoms with Gasteiger partial charge < -0.3 is 25.3 Å². The Morgan fingerprint density at radius 3 is 1.11 bits per heavy atom. The Morgan fingerprint density at radius 1 is 0.395 bits per heavy atom. The molecule has 0 fully saturated rings. The summed E-state index contributed by atoms with van der Waals surface area (Å²) in [5.74, 6) is 3.17. The molecule has 10 aromatic carbocycles. The monoisotopic (exact) mass is 1110 g/mol. The summed E-state index contributed by atoms with van der Waals surface area (Å²) in [6, 6.07) is 87.8. The summed E-state index contributed by atoms with van der Waals surface area (Å²) in [6.07, 6.45) is 0. The molecule has 0 aliphatic heterocycles. The number of hydrogen-bond donors (Lipinski definition) is 2. The van der Waals surface area contributed by atoms with Crippen molar-refractivity contribution in [2.45, 2.75) is 0 Å². The van der Waals surface area contributed by atoms with Crippen LogP contribution in [0.1, 0.15) is 0 Å². The van der Waals surface area contributed by atoms with Crippen molar-refractivity contribution in [3.8, 4) is 23.0 Å². The van der Waals surface area contributed by atoms with Gasteiger partial charge in [-0.2, -0.15) is 0 Å². The molecular formula is C62H53BrN4O7P2. The van der Waals surface area contributed by atoms with E-state index >= 15 is 0 Å². The molecule has 10 aromatic rings. The molecule has 11 nitrogen and oxygen atoms in total. The standard InChI is InChI=1S/C36H28OP2.C13H12N2O3.C7H9NO.C6H4BrNO2/c1-5-17-29(18-6-1)38(30-19-7-2-8-20-30)35-27-15-13-25-33(35)37-34-26-14-16-28-36(34)39(31-21-9-3-10-22-31)32-23-11-4-12-24-32;1-18-13-9-5-3-7-11(13)14-10-6-2-4-8-12(10)15(16)17;1-9-7-5-3-2-4-6(7)8;7-5-3-1-2-4-6(5)8(9)10/h1-28H;2-9,14H,1H3;2-5H,8H2,1H3;1-4H. The Balaban J connectivity index is 0.000000185. The summed E-state index contributed by atoms with van der Waals surface area (Å²) in [4.78, 5) is 20.3. The maximum Gasteiger partial charge on any atom is 0.292 e. The van der Waals surface area contributed by atoms with Crippen molar-refractivity contribution in [3.63, 3.8) is 0 Å². The molecule has 0 aromatic heterocycles. The molecule has 0 spiro atoms. The third-order valence-electron chi connectivity index (χ3n) is 11.2. The van der Waals surface area contributed by atoms with Crippen molar-refractivity contribution in [2.75, 3.05) is 25.3 Å². The smallest absolute Gasteiger partial charge is 0.292 e. The zero-order valence-electron chi connectivity index (χ0n) is 41.5. The van der Waals surface area contributed by atoms with E-state index in [1.54, 1.807) is 68.8 Å². The lowest BCUT2D eigenvalue weighted by atomic mass is 10.2. The number of nitrogens with one attached hydrogen (secondary N) is 1. The normalized spacial score (nSPS) is 10.3. The number of ether oxygens (including phenoxy) is 3. The van der Waals surface area contributed by atoms with Gasteiger partial charge in [0.15, 0.2) is 0 Å². The molecule has 10 rings (SSSR count). The molecule has 3 N–H and O–H groups in total. The van der Waals surface area contributed by atoms with Crippen LogP contribution >= 0.6 is 31.8 Å². The minimum atomic E-state index is -0.795. The van der Waals surface area contributed by atoms with Gasteiger partial charge in [-0.1, -0.05) is 206 Å². The van der Waals surface area contributed by atoms with Crippen LogP contribution in [0.15, 0.2) is 271 Å². The van der Waals surface area contributed by atoms with Crippen LogP contribution in [0, 0.1) is 20.2 Å². The van der Waals surface area contributed by atoms with E-state index in [0.717, 1.165) is 17.2 Å². The summed E-state index contributed by atoms with van der Waals surface area (Å²) < 4.78 is 17.5. The number of halogens is 1. The first-order chi connectivity index (χ1) is 37.2. The van der Waals surface area contributed by atoms with Gasteiger partial charge in [-0.15, -0.1) is 0 Å². The quantitative estimate of drug-likeness (QED) is 0.0469. The molecule has 0 radical (unpaired) electrons. The van der Waals surface area contributed by atoms with Crippen LogP contribution in [0.2, 0.25) is 0 Å². The number of benzene rings is 10. The summed E-state index contributed by atoms with van der Waals surface area (Å²) >= 11 is 3.06. The number of para-hydroxylation sites is 9. The molecule has 76 heavy (non-hydrogen) atoms. The van der Waals surface area contributed by atoms with Crippen LogP contribution in [0.25, 0.3) is 0 Å². The number of nitrogen functional groups attached to an aromatic ring is 1. The lowest BCUT2D eigenvalue weighted by Crippen LogP contribution is -2.23. The van der Waals surface area contributed by atoms with Crippen LogP contribution in [0.5, 0.6) is 23.0 Å². The first kappa shape index (κ1) is 55.1. The average molecular weight is 1110 g/mol.